The zero-order valence-corrected chi connectivity index (χ0v) is 9.56. The normalized spacial score (nSPS) is 11.3. The van der Waals surface area contributed by atoms with Crippen LogP contribution in [0, 0.1) is 6.92 Å². The number of esters is 1. The van der Waals surface area contributed by atoms with Crippen LogP contribution in [-0.4, -0.2) is 17.7 Å². The third kappa shape index (κ3) is 3.87. The van der Waals surface area contributed by atoms with Crippen molar-refractivity contribution in [3.05, 3.63) is 41.5 Å². The molecule has 0 aromatic heterocycles. The number of aliphatic hydroxyl groups excluding tert-OH is 1. The lowest BCUT2D eigenvalue weighted by Gasteiger charge is -2.04. The third-order valence-electron chi connectivity index (χ3n) is 2.13. The topological polar surface area (TPSA) is 46.5 Å². The van der Waals surface area contributed by atoms with E-state index in [-0.39, 0.29) is 12.6 Å². The van der Waals surface area contributed by atoms with Crippen molar-refractivity contribution >= 4 is 5.97 Å². The van der Waals surface area contributed by atoms with E-state index in [1.165, 1.54) is 0 Å². The molecule has 0 unspecified atom stereocenters. The van der Waals surface area contributed by atoms with Crippen LogP contribution in [0.4, 0.5) is 0 Å². The van der Waals surface area contributed by atoms with E-state index in [2.05, 4.69) is 0 Å². The maximum Gasteiger partial charge on any atom is 0.338 e. The summed E-state index contributed by atoms with van der Waals surface area (Å²) in [4.78, 5) is 11.5. The summed E-state index contributed by atoms with van der Waals surface area (Å²) in [6, 6.07) is 7.28. The highest BCUT2D eigenvalue weighted by Gasteiger charge is 2.06. The van der Waals surface area contributed by atoms with Crippen molar-refractivity contribution in [3.63, 3.8) is 0 Å². The van der Waals surface area contributed by atoms with E-state index in [4.69, 9.17) is 9.84 Å². The van der Waals surface area contributed by atoms with Crippen LogP contribution in [0.5, 0.6) is 5.75 Å². The lowest BCUT2D eigenvalue weighted by atomic mass is 10.2. The summed E-state index contributed by atoms with van der Waals surface area (Å²) in [6.45, 7) is 3.68. The molecule has 0 aliphatic rings. The van der Waals surface area contributed by atoms with Crippen molar-refractivity contribution in [3.8, 4) is 5.75 Å². The lowest BCUT2D eigenvalue weighted by Crippen LogP contribution is -2.09. The van der Waals surface area contributed by atoms with Gasteiger partial charge in [-0.05, 0) is 32.4 Å². The summed E-state index contributed by atoms with van der Waals surface area (Å²) in [6.07, 6.45) is 2.13. The van der Waals surface area contributed by atoms with Gasteiger partial charge in [-0.2, -0.15) is 0 Å². The largest absolute Gasteiger partial charge is 0.423 e. The van der Waals surface area contributed by atoms with Gasteiger partial charge < -0.3 is 9.84 Å². The Bertz CT molecular complexity index is 377. The molecule has 0 aliphatic carbocycles. The van der Waals surface area contributed by atoms with Gasteiger partial charge >= 0.3 is 5.97 Å². The molecule has 86 valence electrons. The second kappa shape index (κ2) is 6.08. The number of carbonyl (C=O) groups excluding carboxylic acids is 1. The van der Waals surface area contributed by atoms with Crippen molar-refractivity contribution < 1.29 is 14.6 Å². The zero-order chi connectivity index (χ0) is 12.0. The van der Waals surface area contributed by atoms with Crippen LogP contribution < -0.4 is 4.74 Å². The number of carbonyl (C=O) groups is 1. The molecule has 0 atom stereocenters. The Morgan fingerprint density at radius 3 is 2.56 bits per heavy atom. The molecule has 0 saturated heterocycles. The van der Waals surface area contributed by atoms with Crippen LogP contribution >= 0.6 is 0 Å². The minimum absolute atomic E-state index is 0.0369. The molecule has 1 N–H and O–H groups in total. The fourth-order valence-electron chi connectivity index (χ4n) is 1.16. The first-order valence-electron chi connectivity index (χ1n) is 5.20. The molecular weight excluding hydrogens is 204 g/mol. The van der Waals surface area contributed by atoms with Crippen LogP contribution in [-0.2, 0) is 4.79 Å². The summed E-state index contributed by atoms with van der Waals surface area (Å²) < 4.78 is 5.14. The smallest absolute Gasteiger partial charge is 0.338 e. The molecule has 0 heterocycles. The molecule has 0 radical (unpaired) electrons. The number of aryl methyl sites for hydroxylation is 1. The van der Waals surface area contributed by atoms with Gasteiger partial charge in [0, 0.05) is 12.2 Å². The van der Waals surface area contributed by atoms with Crippen molar-refractivity contribution in [2.75, 3.05) is 6.61 Å². The van der Waals surface area contributed by atoms with Crippen LogP contribution in [0.3, 0.4) is 0 Å². The van der Waals surface area contributed by atoms with E-state index < -0.39 is 0 Å². The molecule has 0 bridgehead atoms. The first-order chi connectivity index (χ1) is 7.63. The van der Waals surface area contributed by atoms with Gasteiger partial charge in [0.15, 0.2) is 0 Å². The zero-order valence-electron chi connectivity index (χ0n) is 9.56. The molecule has 0 fully saturated rings. The molecule has 0 spiro atoms. The summed E-state index contributed by atoms with van der Waals surface area (Å²) in [5.41, 5.74) is 1.63. The van der Waals surface area contributed by atoms with Gasteiger partial charge in [0.05, 0.1) is 0 Å². The van der Waals surface area contributed by atoms with E-state index in [9.17, 15) is 4.79 Å². The molecule has 16 heavy (non-hydrogen) atoms. The summed E-state index contributed by atoms with van der Waals surface area (Å²) in [5.74, 6) is 0.157. The summed E-state index contributed by atoms with van der Waals surface area (Å²) in [5, 5.41) is 8.62. The Balaban J connectivity index is 2.60. The first kappa shape index (κ1) is 12.5. The molecule has 0 amide bonds. The maximum absolute atomic E-state index is 11.5. The summed E-state index contributed by atoms with van der Waals surface area (Å²) >= 11 is 0. The number of aliphatic hydroxyl groups is 1. The Morgan fingerprint density at radius 2 is 2.00 bits per heavy atom. The standard InChI is InChI=1S/C13H16O3/c1-10-5-7-12(8-6-10)16-13(15)11(2)4-3-9-14/h4-8,14H,3,9H2,1-2H3. The second-order valence-electron chi connectivity index (χ2n) is 3.60. The van der Waals surface area contributed by atoms with Crippen LogP contribution in [0.2, 0.25) is 0 Å². The van der Waals surface area contributed by atoms with Crippen molar-refractivity contribution in [2.24, 2.45) is 0 Å². The van der Waals surface area contributed by atoms with Crippen LogP contribution in [0.15, 0.2) is 35.9 Å². The Labute approximate surface area is 95.4 Å². The Hall–Kier alpha value is -1.61. The number of benzene rings is 1. The maximum atomic E-state index is 11.5. The molecule has 3 nitrogen and oxygen atoms in total. The highest BCUT2D eigenvalue weighted by atomic mass is 16.5. The van der Waals surface area contributed by atoms with Gasteiger partial charge in [-0.15, -0.1) is 0 Å². The fourth-order valence-corrected chi connectivity index (χ4v) is 1.16. The quantitative estimate of drug-likeness (QED) is 0.481. The predicted octanol–water partition coefficient (Wildman–Crippen LogP) is 2.23. The Morgan fingerprint density at radius 1 is 1.38 bits per heavy atom. The minimum atomic E-state index is -0.377. The molecule has 0 aliphatic heterocycles. The highest BCUT2D eigenvalue weighted by Crippen LogP contribution is 2.13. The number of rotatable bonds is 4. The highest BCUT2D eigenvalue weighted by molar-refractivity contribution is 5.89. The number of hydrogen-bond acceptors (Lipinski definition) is 3. The average molecular weight is 220 g/mol. The first-order valence-corrected chi connectivity index (χ1v) is 5.20. The van der Waals surface area contributed by atoms with Crippen molar-refractivity contribution in [1.29, 1.82) is 0 Å². The molecule has 1 aromatic rings. The number of ether oxygens (including phenoxy) is 1. The molecule has 0 saturated carbocycles. The summed E-state index contributed by atoms with van der Waals surface area (Å²) in [7, 11) is 0. The van der Waals surface area contributed by atoms with Gasteiger partial charge in [0.1, 0.15) is 5.75 Å². The van der Waals surface area contributed by atoms with Gasteiger partial charge in [0.25, 0.3) is 0 Å². The van der Waals surface area contributed by atoms with Crippen LogP contribution in [0.1, 0.15) is 18.9 Å². The van der Waals surface area contributed by atoms with Crippen molar-refractivity contribution in [1.82, 2.24) is 0 Å². The molecule has 1 aromatic carbocycles. The van der Waals surface area contributed by atoms with E-state index in [1.54, 1.807) is 25.1 Å². The third-order valence-corrected chi connectivity index (χ3v) is 2.13. The molecule has 1 rings (SSSR count). The van der Waals surface area contributed by atoms with E-state index >= 15 is 0 Å². The van der Waals surface area contributed by atoms with Gasteiger partial charge in [-0.25, -0.2) is 4.79 Å². The number of hydrogen-bond donors (Lipinski definition) is 1. The van der Waals surface area contributed by atoms with Crippen molar-refractivity contribution in [2.45, 2.75) is 20.3 Å². The molecular formula is C13H16O3. The lowest BCUT2D eigenvalue weighted by molar-refractivity contribution is -0.130. The Kier molecular flexibility index (Phi) is 4.73. The van der Waals surface area contributed by atoms with E-state index in [0.717, 1.165) is 5.56 Å². The van der Waals surface area contributed by atoms with E-state index in [0.29, 0.717) is 17.7 Å². The second-order valence-corrected chi connectivity index (χ2v) is 3.60. The van der Waals surface area contributed by atoms with Gasteiger partial charge in [-0.1, -0.05) is 23.8 Å². The fraction of sp³-hybridized carbons (Fsp3) is 0.308. The molecule has 3 heteroatoms. The SMILES string of the molecule is CC(=CCCO)C(=O)Oc1ccc(C)cc1. The predicted molar refractivity (Wildman–Crippen MR) is 62.3 cm³/mol. The van der Waals surface area contributed by atoms with Gasteiger partial charge in [0.2, 0.25) is 0 Å². The van der Waals surface area contributed by atoms with E-state index in [1.807, 2.05) is 19.1 Å². The van der Waals surface area contributed by atoms with Crippen LogP contribution in [0.25, 0.3) is 0 Å². The average Bonchev–Trinajstić information content (AvgIpc) is 2.29. The van der Waals surface area contributed by atoms with Gasteiger partial charge in [-0.3, -0.25) is 0 Å². The monoisotopic (exact) mass is 220 g/mol. The minimum Gasteiger partial charge on any atom is -0.423 e.